The highest BCUT2D eigenvalue weighted by Gasteiger charge is 2.07. The molecule has 0 aliphatic carbocycles. The first-order valence-corrected chi connectivity index (χ1v) is 9.77. The fourth-order valence-electron chi connectivity index (χ4n) is 2.50. The summed E-state index contributed by atoms with van der Waals surface area (Å²) in [6, 6.07) is 14.5. The second-order valence-electron chi connectivity index (χ2n) is 6.47. The minimum absolute atomic E-state index is 0.0982. The lowest BCUT2D eigenvalue weighted by molar-refractivity contribution is -0.114. The van der Waals surface area contributed by atoms with E-state index in [9.17, 15) is 9.59 Å². The van der Waals surface area contributed by atoms with Gasteiger partial charge in [-0.1, -0.05) is 32.4 Å². The molecule has 2 rings (SSSR count). The molecule has 28 heavy (non-hydrogen) atoms. The predicted molar refractivity (Wildman–Crippen MR) is 113 cm³/mol. The summed E-state index contributed by atoms with van der Waals surface area (Å²) in [6.07, 6.45) is 2.95. The summed E-state index contributed by atoms with van der Waals surface area (Å²) in [5.41, 5.74) is 1.97. The lowest BCUT2D eigenvalue weighted by Gasteiger charge is -2.11. The molecule has 0 unspecified atom stereocenters. The maximum atomic E-state index is 12.2. The van der Waals surface area contributed by atoms with Crippen molar-refractivity contribution in [1.29, 1.82) is 0 Å². The molecule has 0 fully saturated rings. The molecule has 0 spiro atoms. The van der Waals surface area contributed by atoms with Gasteiger partial charge in [0.05, 0.1) is 13.2 Å². The number of nitrogens with one attached hydrogen (secondary N) is 3. The summed E-state index contributed by atoms with van der Waals surface area (Å²) < 4.78 is 5.66. The summed E-state index contributed by atoms with van der Waals surface area (Å²) in [5, 5.41) is 8.74. The number of hydrogen-bond acceptors (Lipinski definition) is 4. The van der Waals surface area contributed by atoms with Crippen molar-refractivity contribution in [2.75, 3.05) is 30.3 Å². The molecule has 150 valence electrons. The molecule has 0 heterocycles. The van der Waals surface area contributed by atoms with E-state index in [1.165, 1.54) is 0 Å². The smallest absolute Gasteiger partial charge is 0.251 e. The molecule has 0 saturated heterocycles. The van der Waals surface area contributed by atoms with Crippen LogP contribution in [0.5, 0.6) is 5.75 Å². The Bertz CT molecular complexity index is 777. The molecule has 0 aromatic heterocycles. The van der Waals surface area contributed by atoms with E-state index in [-0.39, 0.29) is 18.4 Å². The van der Waals surface area contributed by atoms with E-state index in [0.717, 1.165) is 30.7 Å². The zero-order valence-electron chi connectivity index (χ0n) is 16.6. The molecule has 0 aliphatic heterocycles. The van der Waals surface area contributed by atoms with Crippen LogP contribution in [0.1, 0.15) is 43.5 Å². The van der Waals surface area contributed by atoms with Gasteiger partial charge in [-0.2, -0.15) is 0 Å². The third-order valence-electron chi connectivity index (χ3n) is 4.00. The van der Waals surface area contributed by atoms with Crippen molar-refractivity contribution < 1.29 is 14.3 Å². The third-order valence-corrected chi connectivity index (χ3v) is 4.00. The number of ether oxygens (including phenoxy) is 1. The number of benzene rings is 2. The van der Waals surface area contributed by atoms with Crippen LogP contribution >= 0.6 is 0 Å². The molecule has 0 radical (unpaired) electrons. The Hall–Kier alpha value is -3.02. The first kappa shape index (κ1) is 21.3. The van der Waals surface area contributed by atoms with Gasteiger partial charge in [-0.25, -0.2) is 0 Å². The van der Waals surface area contributed by atoms with Gasteiger partial charge in [0.1, 0.15) is 5.75 Å². The quantitative estimate of drug-likeness (QED) is 0.511. The molecular formula is C22H29N3O3. The largest absolute Gasteiger partial charge is 0.494 e. The Morgan fingerprint density at radius 3 is 2.54 bits per heavy atom. The summed E-state index contributed by atoms with van der Waals surface area (Å²) in [4.78, 5) is 24.3. The van der Waals surface area contributed by atoms with E-state index in [1.54, 1.807) is 18.2 Å². The van der Waals surface area contributed by atoms with E-state index in [4.69, 9.17) is 4.74 Å². The maximum absolute atomic E-state index is 12.2. The second kappa shape index (κ2) is 11.6. The van der Waals surface area contributed by atoms with Crippen molar-refractivity contribution in [3.63, 3.8) is 0 Å². The van der Waals surface area contributed by atoms with Crippen molar-refractivity contribution in [2.24, 2.45) is 0 Å². The number of amides is 2. The van der Waals surface area contributed by atoms with E-state index in [2.05, 4.69) is 22.9 Å². The fraction of sp³-hybridized carbons (Fsp3) is 0.364. The van der Waals surface area contributed by atoms with Gasteiger partial charge in [0, 0.05) is 29.5 Å². The Kier molecular flexibility index (Phi) is 8.85. The first-order valence-electron chi connectivity index (χ1n) is 9.77. The molecule has 2 aromatic carbocycles. The Morgan fingerprint density at radius 1 is 0.964 bits per heavy atom. The molecular weight excluding hydrogens is 354 g/mol. The zero-order chi connectivity index (χ0) is 20.2. The van der Waals surface area contributed by atoms with Crippen molar-refractivity contribution >= 4 is 23.2 Å². The van der Waals surface area contributed by atoms with E-state index >= 15 is 0 Å². The molecule has 0 aliphatic rings. The number of hydrogen-bond donors (Lipinski definition) is 3. The highest BCUT2D eigenvalue weighted by molar-refractivity contribution is 5.96. The SMILES string of the molecule is CCCCOc1cccc(NC(=O)CNc2cccc(C(=O)NCCC)c2)c1. The number of rotatable bonds is 11. The van der Waals surface area contributed by atoms with Gasteiger partial charge in [-0.3, -0.25) is 9.59 Å². The minimum atomic E-state index is -0.174. The summed E-state index contributed by atoms with van der Waals surface area (Å²) >= 11 is 0. The van der Waals surface area contributed by atoms with Gasteiger partial charge in [0.25, 0.3) is 5.91 Å². The summed E-state index contributed by atoms with van der Waals surface area (Å²) in [7, 11) is 0. The van der Waals surface area contributed by atoms with E-state index in [0.29, 0.717) is 24.4 Å². The van der Waals surface area contributed by atoms with Gasteiger partial charge in [-0.05, 0) is 43.2 Å². The molecule has 2 amide bonds. The summed E-state index contributed by atoms with van der Waals surface area (Å²) in [6.45, 7) is 5.52. The van der Waals surface area contributed by atoms with Gasteiger partial charge >= 0.3 is 0 Å². The Morgan fingerprint density at radius 2 is 1.75 bits per heavy atom. The standard InChI is InChI=1S/C22H29N3O3/c1-3-5-13-28-20-11-7-10-19(15-20)25-21(26)16-24-18-9-6-8-17(14-18)22(27)23-12-4-2/h6-11,14-15,24H,3-5,12-13,16H2,1-2H3,(H,23,27)(H,25,26). The lowest BCUT2D eigenvalue weighted by atomic mass is 10.2. The van der Waals surface area contributed by atoms with E-state index < -0.39 is 0 Å². The second-order valence-corrected chi connectivity index (χ2v) is 6.47. The van der Waals surface area contributed by atoms with Crippen LogP contribution in [0.15, 0.2) is 48.5 Å². The van der Waals surface area contributed by atoms with E-state index in [1.807, 2.05) is 37.3 Å². The normalized spacial score (nSPS) is 10.2. The van der Waals surface area contributed by atoms with Crippen molar-refractivity contribution in [3.8, 4) is 5.75 Å². The maximum Gasteiger partial charge on any atom is 0.251 e. The predicted octanol–water partition coefficient (Wildman–Crippen LogP) is 4.06. The molecule has 6 nitrogen and oxygen atoms in total. The average Bonchev–Trinajstić information content (AvgIpc) is 2.71. The van der Waals surface area contributed by atoms with Crippen molar-refractivity contribution in [3.05, 3.63) is 54.1 Å². The molecule has 0 saturated carbocycles. The van der Waals surface area contributed by atoms with Crippen LogP contribution in [-0.4, -0.2) is 31.5 Å². The van der Waals surface area contributed by atoms with Gasteiger partial charge in [0.2, 0.25) is 5.91 Å². The summed E-state index contributed by atoms with van der Waals surface area (Å²) in [5.74, 6) is 0.450. The van der Waals surface area contributed by atoms with Gasteiger partial charge < -0.3 is 20.7 Å². The van der Waals surface area contributed by atoms with Gasteiger partial charge in [-0.15, -0.1) is 0 Å². The monoisotopic (exact) mass is 383 g/mol. The minimum Gasteiger partial charge on any atom is -0.494 e. The van der Waals surface area contributed by atoms with Crippen LogP contribution in [0.3, 0.4) is 0 Å². The van der Waals surface area contributed by atoms with Crippen molar-refractivity contribution in [1.82, 2.24) is 5.32 Å². The lowest BCUT2D eigenvalue weighted by Crippen LogP contribution is -2.24. The topological polar surface area (TPSA) is 79.5 Å². The van der Waals surface area contributed by atoms with Crippen LogP contribution in [0.2, 0.25) is 0 Å². The number of unbranched alkanes of at least 4 members (excludes halogenated alkanes) is 1. The fourth-order valence-corrected chi connectivity index (χ4v) is 2.50. The van der Waals surface area contributed by atoms with Crippen LogP contribution in [0.4, 0.5) is 11.4 Å². The number of carbonyl (C=O) groups is 2. The molecule has 0 atom stereocenters. The van der Waals surface area contributed by atoms with Crippen LogP contribution in [0, 0.1) is 0 Å². The Labute approximate surface area is 166 Å². The zero-order valence-corrected chi connectivity index (χ0v) is 16.6. The molecule has 2 aromatic rings. The Balaban J connectivity index is 1.85. The highest BCUT2D eigenvalue weighted by atomic mass is 16.5. The number of carbonyl (C=O) groups excluding carboxylic acids is 2. The van der Waals surface area contributed by atoms with Gasteiger partial charge in [0.15, 0.2) is 0 Å². The third kappa shape index (κ3) is 7.31. The molecule has 3 N–H and O–H groups in total. The highest BCUT2D eigenvalue weighted by Crippen LogP contribution is 2.18. The molecule has 0 bridgehead atoms. The first-order chi connectivity index (χ1) is 13.6. The number of anilines is 2. The molecule has 6 heteroatoms. The average molecular weight is 383 g/mol. The van der Waals surface area contributed by atoms with Crippen molar-refractivity contribution in [2.45, 2.75) is 33.1 Å². The van der Waals surface area contributed by atoms with Crippen LogP contribution in [-0.2, 0) is 4.79 Å². The van der Waals surface area contributed by atoms with Crippen LogP contribution in [0.25, 0.3) is 0 Å². The van der Waals surface area contributed by atoms with Crippen LogP contribution < -0.4 is 20.7 Å².